The molecule has 138 valence electrons. The Balaban J connectivity index is 1.68. The Bertz CT molecular complexity index is 872. The molecule has 0 aliphatic rings. The number of aromatic nitrogens is 2. The predicted octanol–water partition coefficient (Wildman–Crippen LogP) is 4.81. The number of alkyl halides is 3. The molecule has 0 saturated carbocycles. The summed E-state index contributed by atoms with van der Waals surface area (Å²) in [6.07, 6.45) is -4.67. The molecule has 1 N–H and O–H groups in total. The number of benzene rings is 2. The second kappa shape index (κ2) is 7.37. The van der Waals surface area contributed by atoms with Crippen molar-refractivity contribution in [3.63, 3.8) is 0 Å². The number of hydrogen-bond donors (Lipinski definition) is 1. The molecule has 3 aromatic rings. The number of fused-ring (bicyclic) bond motifs is 1. The SMILES string of the molecule is CCn1c(C(C)NCc2ccc(OC(F)(F)F)cc2)nc2ccccc21. The number of nitrogens with zero attached hydrogens (tertiary/aromatic N) is 2. The maximum atomic E-state index is 12.2. The second-order valence-corrected chi connectivity index (χ2v) is 6.00. The number of hydrogen-bond acceptors (Lipinski definition) is 3. The summed E-state index contributed by atoms with van der Waals surface area (Å²) in [5, 5.41) is 3.37. The monoisotopic (exact) mass is 363 g/mol. The summed E-state index contributed by atoms with van der Waals surface area (Å²) in [6, 6.07) is 13.8. The number of nitrogens with one attached hydrogen (secondary N) is 1. The molecular formula is C19H20F3N3O. The first-order valence-electron chi connectivity index (χ1n) is 8.40. The smallest absolute Gasteiger partial charge is 0.406 e. The van der Waals surface area contributed by atoms with Gasteiger partial charge in [-0.25, -0.2) is 4.98 Å². The van der Waals surface area contributed by atoms with E-state index < -0.39 is 6.36 Å². The Hall–Kier alpha value is -2.54. The number of ether oxygens (including phenoxy) is 1. The van der Waals surface area contributed by atoms with E-state index in [1.54, 1.807) is 12.1 Å². The van der Waals surface area contributed by atoms with E-state index in [0.29, 0.717) is 6.54 Å². The van der Waals surface area contributed by atoms with Gasteiger partial charge in [-0.15, -0.1) is 13.2 Å². The lowest BCUT2D eigenvalue weighted by molar-refractivity contribution is -0.274. The minimum absolute atomic E-state index is 0.00606. The van der Waals surface area contributed by atoms with Gasteiger partial charge in [0.2, 0.25) is 0 Å². The molecule has 7 heteroatoms. The molecule has 1 heterocycles. The van der Waals surface area contributed by atoms with Crippen molar-refractivity contribution in [3.8, 4) is 5.75 Å². The molecule has 0 radical (unpaired) electrons. The van der Waals surface area contributed by atoms with Crippen molar-refractivity contribution < 1.29 is 17.9 Å². The van der Waals surface area contributed by atoms with E-state index >= 15 is 0 Å². The molecule has 1 aromatic heterocycles. The first kappa shape index (κ1) is 18.3. The zero-order valence-electron chi connectivity index (χ0n) is 14.5. The molecule has 0 saturated heterocycles. The lowest BCUT2D eigenvalue weighted by Gasteiger charge is -2.15. The van der Waals surface area contributed by atoms with Crippen LogP contribution in [-0.2, 0) is 13.1 Å². The summed E-state index contributed by atoms with van der Waals surface area (Å²) in [5.74, 6) is 0.716. The quantitative estimate of drug-likeness (QED) is 0.683. The van der Waals surface area contributed by atoms with Gasteiger partial charge in [-0.1, -0.05) is 24.3 Å². The Kier molecular flexibility index (Phi) is 5.18. The molecule has 0 spiro atoms. The third-order valence-corrected chi connectivity index (χ3v) is 4.16. The zero-order valence-corrected chi connectivity index (χ0v) is 14.5. The minimum Gasteiger partial charge on any atom is -0.406 e. The van der Waals surface area contributed by atoms with Gasteiger partial charge < -0.3 is 14.6 Å². The Morgan fingerprint density at radius 2 is 1.81 bits per heavy atom. The molecular weight excluding hydrogens is 343 g/mol. The maximum absolute atomic E-state index is 12.2. The fourth-order valence-corrected chi connectivity index (χ4v) is 2.93. The lowest BCUT2D eigenvalue weighted by atomic mass is 10.2. The fraction of sp³-hybridized carbons (Fsp3) is 0.316. The highest BCUT2D eigenvalue weighted by Gasteiger charge is 2.30. The van der Waals surface area contributed by atoms with E-state index in [2.05, 4.69) is 21.5 Å². The van der Waals surface area contributed by atoms with E-state index in [0.717, 1.165) is 29.0 Å². The fourth-order valence-electron chi connectivity index (χ4n) is 2.93. The van der Waals surface area contributed by atoms with Crippen molar-refractivity contribution in [2.45, 2.75) is 39.3 Å². The van der Waals surface area contributed by atoms with Gasteiger partial charge in [0.25, 0.3) is 0 Å². The highest BCUT2D eigenvalue weighted by molar-refractivity contribution is 5.76. The molecule has 2 aromatic carbocycles. The first-order chi connectivity index (χ1) is 12.4. The molecule has 0 aliphatic heterocycles. The molecule has 4 nitrogen and oxygen atoms in total. The van der Waals surface area contributed by atoms with Crippen molar-refractivity contribution in [1.82, 2.24) is 14.9 Å². The average molecular weight is 363 g/mol. The molecule has 0 aliphatic carbocycles. The first-order valence-corrected chi connectivity index (χ1v) is 8.40. The minimum atomic E-state index is -4.67. The Morgan fingerprint density at radius 1 is 1.12 bits per heavy atom. The second-order valence-electron chi connectivity index (χ2n) is 6.00. The van der Waals surface area contributed by atoms with Crippen molar-refractivity contribution >= 4 is 11.0 Å². The summed E-state index contributed by atoms with van der Waals surface area (Å²) >= 11 is 0. The summed E-state index contributed by atoms with van der Waals surface area (Å²) in [4.78, 5) is 4.71. The van der Waals surface area contributed by atoms with E-state index in [1.165, 1.54) is 12.1 Å². The number of imidazole rings is 1. The highest BCUT2D eigenvalue weighted by Crippen LogP contribution is 2.24. The highest BCUT2D eigenvalue weighted by atomic mass is 19.4. The van der Waals surface area contributed by atoms with Crippen molar-refractivity contribution in [2.24, 2.45) is 0 Å². The third kappa shape index (κ3) is 4.16. The number of aryl methyl sites for hydroxylation is 1. The van der Waals surface area contributed by atoms with Gasteiger partial charge in [-0.2, -0.15) is 0 Å². The summed E-state index contributed by atoms with van der Waals surface area (Å²) in [5.41, 5.74) is 2.91. The van der Waals surface area contributed by atoms with Crippen molar-refractivity contribution in [1.29, 1.82) is 0 Å². The van der Waals surface area contributed by atoms with Crippen LogP contribution in [0, 0.1) is 0 Å². The van der Waals surface area contributed by atoms with Gasteiger partial charge in [0.15, 0.2) is 0 Å². The van der Waals surface area contributed by atoms with Crippen LogP contribution in [0.3, 0.4) is 0 Å². The Morgan fingerprint density at radius 3 is 2.46 bits per heavy atom. The molecule has 1 unspecified atom stereocenters. The van der Waals surface area contributed by atoms with Crippen LogP contribution in [0.25, 0.3) is 11.0 Å². The number of para-hydroxylation sites is 2. The third-order valence-electron chi connectivity index (χ3n) is 4.16. The molecule has 0 bridgehead atoms. The molecule has 0 fully saturated rings. The van der Waals surface area contributed by atoms with Gasteiger partial charge in [-0.05, 0) is 43.7 Å². The van der Waals surface area contributed by atoms with Gasteiger partial charge in [0, 0.05) is 13.1 Å². The topological polar surface area (TPSA) is 39.1 Å². The van der Waals surface area contributed by atoms with Crippen molar-refractivity contribution in [2.75, 3.05) is 0 Å². The maximum Gasteiger partial charge on any atom is 0.573 e. The van der Waals surface area contributed by atoms with Crippen LogP contribution < -0.4 is 10.1 Å². The van der Waals surface area contributed by atoms with Crippen molar-refractivity contribution in [3.05, 3.63) is 59.9 Å². The Labute approximate surface area is 149 Å². The predicted molar refractivity (Wildman–Crippen MR) is 93.8 cm³/mol. The lowest BCUT2D eigenvalue weighted by Crippen LogP contribution is -2.21. The van der Waals surface area contributed by atoms with Gasteiger partial charge >= 0.3 is 6.36 Å². The standard InChI is InChI=1S/C19H20F3N3O/c1-3-25-17-7-5-4-6-16(17)24-18(25)13(2)23-12-14-8-10-15(11-9-14)26-19(20,21)22/h4-11,13,23H,3,12H2,1-2H3. The van der Waals surface area contributed by atoms with Crippen LogP contribution in [0.5, 0.6) is 5.75 Å². The summed E-state index contributed by atoms with van der Waals surface area (Å²) in [6.45, 7) is 5.42. The molecule has 0 amide bonds. The van der Waals surface area contributed by atoms with Crippen LogP contribution >= 0.6 is 0 Å². The summed E-state index contributed by atoms with van der Waals surface area (Å²) < 4.78 is 42.6. The van der Waals surface area contributed by atoms with Gasteiger partial charge in [-0.3, -0.25) is 0 Å². The largest absolute Gasteiger partial charge is 0.573 e. The molecule has 3 rings (SSSR count). The normalized spacial score (nSPS) is 13.1. The van der Waals surface area contributed by atoms with Gasteiger partial charge in [0.1, 0.15) is 11.6 Å². The van der Waals surface area contributed by atoms with E-state index in [-0.39, 0.29) is 11.8 Å². The van der Waals surface area contributed by atoms with Crippen LogP contribution in [0.4, 0.5) is 13.2 Å². The number of halogens is 3. The average Bonchev–Trinajstić information content (AvgIpc) is 2.98. The molecule has 1 atom stereocenters. The molecule has 26 heavy (non-hydrogen) atoms. The van der Waals surface area contributed by atoms with Gasteiger partial charge in [0.05, 0.1) is 17.1 Å². The van der Waals surface area contributed by atoms with E-state index in [4.69, 9.17) is 4.98 Å². The van der Waals surface area contributed by atoms with Crippen LogP contribution in [0.1, 0.15) is 31.3 Å². The zero-order chi connectivity index (χ0) is 18.7. The summed E-state index contributed by atoms with van der Waals surface area (Å²) in [7, 11) is 0. The van der Waals surface area contributed by atoms with E-state index in [1.807, 2.05) is 31.2 Å². The van der Waals surface area contributed by atoms with E-state index in [9.17, 15) is 13.2 Å². The van der Waals surface area contributed by atoms with Crippen LogP contribution in [0.2, 0.25) is 0 Å². The number of rotatable bonds is 6. The van der Waals surface area contributed by atoms with Crippen LogP contribution in [-0.4, -0.2) is 15.9 Å². The van der Waals surface area contributed by atoms with Crippen LogP contribution in [0.15, 0.2) is 48.5 Å².